The molecule has 4 N–H and O–H groups in total. The largest absolute Gasteiger partial charge is 0.673 e. The minimum absolute atomic E-state index is 0.0727. The van der Waals surface area contributed by atoms with Gasteiger partial charge in [0.25, 0.3) is 0 Å². The molecule has 1 aliphatic heterocycles. The maximum absolute atomic E-state index is 11.0. The molecule has 0 unspecified atom stereocenters. The SMILES string of the molecule is CC(=O)NC1CC(C)(C)NC(C)(C)C1.F[B-](F)(F)F.[NH2+]=O. The van der Waals surface area contributed by atoms with Gasteiger partial charge in [-0.05, 0) is 46.1 Å². The Balaban J connectivity index is 0. The summed E-state index contributed by atoms with van der Waals surface area (Å²) >= 11 is 0. The van der Waals surface area contributed by atoms with E-state index in [9.17, 15) is 22.1 Å². The zero-order chi connectivity index (χ0) is 17.5. The molecule has 21 heavy (non-hydrogen) atoms. The Morgan fingerprint density at radius 2 is 1.38 bits per heavy atom. The molecule has 10 heteroatoms. The molecule has 1 amide bonds. The van der Waals surface area contributed by atoms with E-state index in [4.69, 9.17) is 4.91 Å². The summed E-state index contributed by atoms with van der Waals surface area (Å²) in [6.45, 7) is 10.3. The Kier molecular flexibility index (Phi) is 8.74. The average Bonchev–Trinajstić information content (AvgIpc) is 2.10. The van der Waals surface area contributed by atoms with E-state index in [1.165, 1.54) is 0 Å². The lowest BCUT2D eigenvalue weighted by Crippen LogP contribution is -2.62. The van der Waals surface area contributed by atoms with Gasteiger partial charge in [0.15, 0.2) is 0 Å². The highest BCUT2D eigenvalue weighted by atomic mass is 19.5. The van der Waals surface area contributed by atoms with Crippen LogP contribution in [0.25, 0.3) is 0 Å². The zero-order valence-corrected chi connectivity index (χ0v) is 13.0. The van der Waals surface area contributed by atoms with Gasteiger partial charge in [-0.25, -0.2) is 0 Å². The molecular weight excluding hydrogens is 293 g/mol. The zero-order valence-electron chi connectivity index (χ0n) is 13.0. The number of piperidine rings is 1. The van der Waals surface area contributed by atoms with Crippen LogP contribution in [-0.2, 0) is 4.79 Å². The van der Waals surface area contributed by atoms with Gasteiger partial charge in [0.05, 0.1) is 0 Å². The van der Waals surface area contributed by atoms with E-state index in [-0.39, 0.29) is 17.0 Å². The molecule has 1 heterocycles. The smallest absolute Gasteiger partial charge is 0.418 e. The third-order valence-corrected chi connectivity index (χ3v) is 2.60. The molecule has 0 bridgehead atoms. The Labute approximate surface area is 122 Å². The summed E-state index contributed by atoms with van der Waals surface area (Å²) < 4.78 is 39.0. The van der Waals surface area contributed by atoms with E-state index in [2.05, 4.69) is 43.9 Å². The van der Waals surface area contributed by atoms with Crippen LogP contribution in [0.4, 0.5) is 17.3 Å². The van der Waals surface area contributed by atoms with Gasteiger partial charge in [-0.3, -0.25) is 4.79 Å². The highest BCUT2D eigenvalue weighted by molar-refractivity contribution is 6.50. The lowest BCUT2D eigenvalue weighted by Gasteiger charge is -2.46. The molecule has 0 spiro atoms. The minimum Gasteiger partial charge on any atom is -0.418 e. The van der Waals surface area contributed by atoms with Crippen molar-refractivity contribution >= 4 is 13.2 Å². The second kappa shape index (κ2) is 8.30. The van der Waals surface area contributed by atoms with Crippen LogP contribution < -0.4 is 16.2 Å². The first-order valence-corrected chi connectivity index (χ1v) is 6.37. The first-order valence-electron chi connectivity index (χ1n) is 6.37. The quantitative estimate of drug-likeness (QED) is 0.503. The van der Waals surface area contributed by atoms with Crippen LogP contribution in [0.2, 0.25) is 0 Å². The Hall–Kier alpha value is -1.19. The summed E-state index contributed by atoms with van der Waals surface area (Å²) in [7, 11) is -6.00. The molecule has 1 aliphatic rings. The van der Waals surface area contributed by atoms with Crippen molar-refractivity contribution in [3.05, 3.63) is 4.91 Å². The lowest BCUT2D eigenvalue weighted by molar-refractivity contribution is -0.143. The molecule has 1 rings (SSSR count). The summed E-state index contributed by atoms with van der Waals surface area (Å²) in [4.78, 5) is 18.8. The number of rotatable bonds is 1. The number of hydrogen-bond donors (Lipinski definition) is 3. The molecule has 0 aromatic rings. The molecular formula is C11H24BF4N3O2. The van der Waals surface area contributed by atoms with Crippen LogP contribution >= 0.6 is 0 Å². The minimum atomic E-state index is -6.00. The summed E-state index contributed by atoms with van der Waals surface area (Å²) in [6, 6.07) is 0.304. The number of halogens is 4. The summed E-state index contributed by atoms with van der Waals surface area (Å²) in [5.74, 6) is 0.0727. The normalized spacial score (nSPS) is 20.2. The van der Waals surface area contributed by atoms with Crippen LogP contribution in [0.1, 0.15) is 47.5 Å². The maximum Gasteiger partial charge on any atom is 0.673 e. The molecule has 0 aromatic carbocycles. The third-order valence-electron chi connectivity index (χ3n) is 2.60. The second-order valence-electron chi connectivity index (χ2n) is 6.19. The second-order valence-corrected chi connectivity index (χ2v) is 6.19. The Morgan fingerprint density at radius 3 is 1.62 bits per heavy atom. The lowest BCUT2D eigenvalue weighted by atomic mass is 9.79. The number of nitrogens with one attached hydrogen (secondary N) is 2. The van der Waals surface area contributed by atoms with Gasteiger partial charge in [-0.15, -0.1) is 0 Å². The standard InChI is InChI=1S/C11H22N2O.BF4.H2NO/c1-8(14)12-9-6-10(2,3)13-11(4,5)7-9;2-1(3,4)5;1-2/h9,13H,6-7H2,1-5H3,(H,12,14);;1H2/q;-1;+1. The number of carbonyl (C=O) groups excluding carboxylic acids is 1. The Bertz CT molecular complexity index is 316. The van der Waals surface area contributed by atoms with E-state index in [0.29, 0.717) is 6.04 Å². The Morgan fingerprint density at radius 1 is 1.10 bits per heavy atom. The summed E-state index contributed by atoms with van der Waals surface area (Å²) in [6.07, 6.45) is 1.99. The number of nitrogens with two attached hydrogens (primary N) is 1. The first-order chi connectivity index (χ1) is 9.20. The fraction of sp³-hybridized carbons (Fsp3) is 0.909. The van der Waals surface area contributed by atoms with Gasteiger partial charge in [-0.2, -0.15) is 0 Å². The van der Waals surface area contributed by atoms with Crippen molar-refractivity contribution in [2.45, 2.75) is 64.6 Å². The molecule has 5 nitrogen and oxygen atoms in total. The topological polar surface area (TPSA) is 83.8 Å². The van der Waals surface area contributed by atoms with Crippen molar-refractivity contribution < 1.29 is 27.7 Å². The molecule has 0 atom stereocenters. The highest BCUT2D eigenvalue weighted by Crippen LogP contribution is 2.28. The number of amides is 1. The molecule has 126 valence electrons. The molecule has 0 radical (unpaired) electrons. The predicted octanol–water partition coefficient (Wildman–Crippen LogP) is 1.24. The van der Waals surface area contributed by atoms with Crippen molar-refractivity contribution in [1.29, 1.82) is 0 Å². The van der Waals surface area contributed by atoms with Crippen molar-refractivity contribution in [1.82, 2.24) is 10.6 Å². The molecule has 0 aromatic heterocycles. The van der Waals surface area contributed by atoms with Gasteiger partial charge in [0.2, 0.25) is 5.91 Å². The fourth-order valence-electron chi connectivity index (χ4n) is 2.71. The molecule has 1 saturated heterocycles. The summed E-state index contributed by atoms with van der Waals surface area (Å²) in [5.41, 5.74) is 3.46. The van der Waals surface area contributed by atoms with E-state index in [0.717, 1.165) is 12.8 Å². The predicted molar refractivity (Wildman–Crippen MR) is 73.6 cm³/mol. The highest BCUT2D eigenvalue weighted by Gasteiger charge is 2.37. The van der Waals surface area contributed by atoms with Gasteiger partial charge in [0.1, 0.15) is 0 Å². The van der Waals surface area contributed by atoms with Crippen molar-refractivity contribution in [3.8, 4) is 0 Å². The van der Waals surface area contributed by atoms with Crippen LogP contribution in [0.3, 0.4) is 0 Å². The monoisotopic (exact) mass is 317 g/mol. The van der Waals surface area contributed by atoms with E-state index >= 15 is 0 Å². The van der Waals surface area contributed by atoms with E-state index < -0.39 is 7.25 Å². The average molecular weight is 317 g/mol. The maximum atomic E-state index is 11.0. The van der Waals surface area contributed by atoms with Crippen molar-refractivity contribution in [2.24, 2.45) is 0 Å². The first kappa shape index (κ1) is 22.1. The van der Waals surface area contributed by atoms with Crippen LogP contribution in [0.5, 0.6) is 0 Å². The number of hydrogen-bond acceptors (Lipinski definition) is 3. The third kappa shape index (κ3) is 15.0. The van der Waals surface area contributed by atoms with Crippen molar-refractivity contribution in [2.75, 3.05) is 0 Å². The number of carbonyl (C=O) groups is 1. The van der Waals surface area contributed by atoms with Crippen LogP contribution in [-0.4, -0.2) is 30.3 Å². The van der Waals surface area contributed by atoms with E-state index in [1.54, 1.807) is 6.92 Å². The van der Waals surface area contributed by atoms with Gasteiger partial charge >= 0.3 is 7.25 Å². The van der Waals surface area contributed by atoms with Crippen LogP contribution in [0.15, 0.2) is 0 Å². The van der Waals surface area contributed by atoms with Crippen LogP contribution in [0, 0.1) is 4.91 Å². The summed E-state index contributed by atoms with van der Waals surface area (Å²) in [5, 5.41) is 6.60. The van der Waals surface area contributed by atoms with Gasteiger partial charge < -0.3 is 27.9 Å². The number of nitroso groups, excluding NO2 is 1. The fourth-order valence-corrected chi connectivity index (χ4v) is 2.71. The van der Waals surface area contributed by atoms with Gasteiger partial charge in [0, 0.05) is 29.0 Å². The van der Waals surface area contributed by atoms with Crippen molar-refractivity contribution in [3.63, 3.8) is 0 Å². The molecule has 0 saturated carbocycles. The van der Waals surface area contributed by atoms with Gasteiger partial charge in [-0.1, -0.05) is 0 Å². The molecule has 0 aliphatic carbocycles. The van der Waals surface area contributed by atoms with E-state index in [1.807, 2.05) is 0 Å². The molecule has 1 fully saturated rings.